The molecule has 0 amide bonds. The normalized spacial score (nSPS) is 26.4. The van der Waals surface area contributed by atoms with Gasteiger partial charge in [-0.2, -0.15) is 0 Å². The lowest BCUT2D eigenvalue weighted by molar-refractivity contribution is 0.295. The summed E-state index contributed by atoms with van der Waals surface area (Å²) < 4.78 is 0. The van der Waals surface area contributed by atoms with Crippen LogP contribution >= 0.6 is 0 Å². The van der Waals surface area contributed by atoms with Gasteiger partial charge in [0.2, 0.25) is 0 Å². The molecule has 1 aromatic rings. The molecule has 0 aliphatic carbocycles. The predicted octanol–water partition coefficient (Wildman–Crippen LogP) is 3.76. The summed E-state index contributed by atoms with van der Waals surface area (Å²) in [6.07, 6.45) is 1.33. The Morgan fingerprint density at radius 3 is 2.62 bits per heavy atom. The summed E-state index contributed by atoms with van der Waals surface area (Å²) in [7, 11) is 0. The number of piperidine rings is 1. The van der Waals surface area contributed by atoms with Crippen LogP contribution in [0.15, 0.2) is 12.1 Å². The van der Waals surface area contributed by atoms with Crippen molar-refractivity contribution in [1.29, 1.82) is 0 Å². The van der Waals surface area contributed by atoms with Gasteiger partial charge in [-0.1, -0.05) is 33.8 Å². The van der Waals surface area contributed by atoms with Crippen molar-refractivity contribution >= 4 is 5.82 Å². The zero-order valence-corrected chi connectivity index (χ0v) is 14.5. The molecule has 1 N–H and O–H groups in total. The van der Waals surface area contributed by atoms with Gasteiger partial charge in [0.05, 0.1) is 0 Å². The van der Waals surface area contributed by atoms with Gasteiger partial charge in [0.1, 0.15) is 5.82 Å². The Bertz CT molecular complexity index is 470. The molecule has 0 radical (unpaired) electrons. The van der Waals surface area contributed by atoms with Crippen LogP contribution in [-0.2, 0) is 6.54 Å². The molecule has 118 valence electrons. The Morgan fingerprint density at radius 1 is 1.29 bits per heavy atom. The molecule has 3 atom stereocenters. The highest BCUT2D eigenvalue weighted by Crippen LogP contribution is 2.30. The summed E-state index contributed by atoms with van der Waals surface area (Å²) in [6, 6.07) is 5.52. The highest BCUT2D eigenvalue weighted by Gasteiger charge is 2.29. The molecule has 3 heteroatoms. The van der Waals surface area contributed by atoms with Crippen LogP contribution in [0, 0.1) is 18.8 Å². The summed E-state index contributed by atoms with van der Waals surface area (Å²) in [4.78, 5) is 7.37. The van der Waals surface area contributed by atoms with Crippen molar-refractivity contribution in [2.75, 3.05) is 11.4 Å². The van der Waals surface area contributed by atoms with Crippen LogP contribution in [0.25, 0.3) is 0 Å². The van der Waals surface area contributed by atoms with E-state index in [1.54, 1.807) is 0 Å². The monoisotopic (exact) mass is 289 g/mol. The van der Waals surface area contributed by atoms with Crippen molar-refractivity contribution in [1.82, 2.24) is 10.3 Å². The fourth-order valence-electron chi connectivity index (χ4n) is 3.26. The SMILES string of the molecule is Cc1nc(N2CC(C)CC(C)C2C)ccc1CNC(C)C. The van der Waals surface area contributed by atoms with Crippen molar-refractivity contribution in [3.05, 3.63) is 23.4 Å². The summed E-state index contributed by atoms with van der Waals surface area (Å²) in [6.45, 7) is 15.6. The molecule has 0 aromatic carbocycles. The first-order valence-corrected chi connectivity index (χ1v) is 8.35. The molecule has 2 rings (SSSR count). The molecule has 0 saturated carbocycles. The molecule has 1 aromatic heterocycles. The van der Waals surface area contributed by atoms with Crippen LogP contribution < -0.4 is 10.2 Å². The summed E-state index contributed by atoms with van der Waals surface area (Å²) in [5.41, 5.74) is 2.46. The number of aromatic nitrogens is 1. The summed E-state index contributed by atoms with van der Waals surface area (Å²) >= 11 is 0. The zero-order valence-electron chi connectivity index (χ0n) is 14.5. The molecule has 1 saturated heterocycles. The van der Waals surface area contributed by atoms with Gasteiger partial charge in [-0.3, -0.25) is 0 Å². The van der Waals surface area contributed by atoms with Gasteiger partial charge < -0.3 is 10.2 Å². The van der Waals surface area contributed by atoms with E-state index >= 15 is 0 Å². The fraction of sp³-hybridized carbons (Fsp3) is 0.722. The third-order valence-electron chi connectivity index (χ3n) is 4.77. The molecule has 1 aliphatic heterocycles. The molecular formula is C18H31N3. The van der Waals surface area contributed by atoms with Gasteiger partial charge in [0, 0.05) is 30.9 Å². The van der Waals surface area contributed by atoms with Crippen LogP contribution in [0.2, 0.25) is 0 Å². The lowest BCUT2D eigenvalue weighted by Crippen LogP contribution is -2.46. The molecule has 3 unspecified atom stereocenters. The highest BCUT2D eigenvalue weighted by atomic mass is 15.2. The number of pyridine rings is 1. The number of nitrogens with one attached hydrogen (secondary N) is 1. The first-order chi connectivity index (χ1) is 9.88. The van der Waals surface area contributed by atoms with E-state index in [1.807, 2.05) is 0 Å². The molecule has 2 heterocycles. The number of aryl methyl sites for hydroxylation is 1. The third kappa shape index (κ3) is 3.97. The van der Waals surface area contributed by atoms with Gasteiger partial charge in [0.15, 0.2) is 0 Å². The van der Waals surface area contributed by atoms with Crippen molar-refractivity contribution in [3.8, 4) is 0 Å². The van der Waals surface area contributed by atoms with Crippen molar-refractivity contribution in [2.24, 2.45) is 11.8 Å². The maximum absolute atomic E-state index is 4.88. The number of nitrogens with zero attached hydrogens (tertiary/aromatic N) is 2. The largest absolute Gasteiger partial charge is 0.353 e. The average Bonchev–Trinajstić information content (AvgIpc) is 2.41. The Hall–Kier alpha value is -1.09. The standard InChI is InChI=1S/C18H31N3/c1-12(2)19-10-17-7-8-18(20-15(17)5)21-11-13(3)9-14(4)16(21)6/h7-8,12-14,16,19H,9-11H2,1-6H3. The fourth-order valence-corrected chi connectivity index (χ4v) is 3.26. The van der Waals surface area contributed by atoms with Crippen LogP contribution in [0.3, 0.4) is 0 Å². The quantitative estimate of drug-likeness (QED) is 0.915. The molecule has 3 nitrogen and oxygen atoms in total. The van der Waals surface area contributed by atoms with Crippen LogP contribution in [0.5, 0.6) is 0 Å². The second-order valence-electron chi connectivity index (χ2n) is 7.16. The summed E-state index contributed by atoms with van der Waals surface area (Å²) in [5, 5.41) is 3.47. The smallest absolute Gasteiger partial charge is 0.129 e. The Balaban J connectivity index is 2.15. The average molecular weight is 289 g/mol. The second-order valence-corrected chi connectivity index (χ2v) is 7.16. The minimum atomic E-state index is 0.507. The van der Waals surface area contributed by atoms with E-state index in [0.717, 1.165) is 36.4 Å². The molecule has 1 fully saturated rings. The third-order valence-corrected chi connectivity index (χ3v) is 4.77. The first kappa shape index (κ1) is 16.3. The van der Waals surface area contributed by atoms with E-state index < -0.39 is 0 Å². The minimum Gasteiger partial charge on any atom is -0.353 e. The maximum atomic E-state index is 4.88. The van der Waals surface area contributed by atoms with E-state index in [4.69, 9.17) is 4.98 Å². The van der Waals surface area contributed by atoms with E-state index in [9.17, 15) is 0 Å². The lowest BCUT2D eigenvalue weighted by atomic mass is 9.86. The first-order valence-electron chi connectivity index (χ1n) is 8.35. The van der Waals surface area contributed by atoms with Crippen LogP contribution in [0.1, 0.15) is 52.3 Å². The summed E-state index contributed by atoms with van der Waals surface area (Å²) in [5.74, 6) is 2.63. The van der Waals surface area contributed by atoms with E-state index in [2.05, 4.69) is 63.9 Å². The molecule has 21 heavy (non-hydrogen) atoms. The van der Waals surface area contributed by atoms with Crippen molar-refractivity contribution in [2.45, 2.75) is 66.6 Å². The molecule has 0 bridgehead atoms. The van der Waals surface area contributed by atoms with Crippen LogP contribution in [0.4, 0.5) is 5.82 Å². The predicted molar refractivity (Wildman–Crippen MR) is 90.7 cm³/mol. The van der Waals surface area contributed by atoms with Gasteiger partial charge in [-0.25, -0.2) is 4.98 Å². The van der Waals surface area contributed by atoms with E-state index in [1.165, 1.54) is 12.0 Å². The molecule has 1 aliphatic rings. The van der Waals surface area contributed by atoms with Gasteiger partial charge in [-0.05, 0) is 43.7 Å². The van der Waals surface area contributed by atoms with E-state index in [-0.39, 0.29) is 0 Å². The number of rotatable bonds is 4. The Morgan fingerprint density at radius 2 is 2.00 bits per heavy atom. The Kier molecular flexibility index (Phi) is 5.26. The van der Waals surface area contributed by atoms with Crippen LogP contribution in [-0.4, -0.2) is 23.6 Å². The lowest BCUT2D eigenvalue weighted by Gasteiger charge is -2.42. The number of anilines is 1. The molecular weight excluding hydrogens is 258 g/mol. The maximum Gasteiger partial charge on any atom is 0.129 e. The van der Waals surface area contributed by atoms with Crippen molar-refractivity contribution < 1.29 is 0 Å². The zero-order chi connectivity index (χ0) is 15.6. The second kappa shape index (κ2) is 6.78. The topological polar surface area (TPSA) is 28.2 Å². The Labute approximate surface area is 130 Å². The van der Waals surface area contributed by atoms with Gasteiger partial charge >= 0.3 is 0 Å². The van der Waals surface area contributed by atoms with Gasteiger partial charge in [-0.15, -0.1) is 0 Å². The van der Waals surface area contributed by atoms with Gasteiger partial charge in [0.25, 0.3) is 0 Å². The highest BCUT2D eigenvalue weighted by molar-refractivity contribution is 5.43. The number of hydrogen-bond acceptors (Lipinski definition) is 3. The molecule has 0 spiro atoms. The van der Waals surface area contributed by atoms with Crippen molar-refractivity contribution in [3.63, 3.8) is 0 Å². The van der Waals surface area contributed by atoms with E-state index in [0.29, 0.717) is 12.1 Å². The minimum absolute atomic E-state index is 0.507. The number of hydrogen-bond donors (Lipinski definition) is 1.